The van der Waals surface area contributed by atoms with Gasteiger partial charge in [-0.15, -0.1) is 6.58 Å². The van der Waals surface area contributed by atoms with Crippen LogP contribution in [-0.4, -0.2) is 22.2 Å². The van der Waals surface area contributed by atoms with Crippen molar-refractivity contribution < 1.29 is 14.6 Å². The Balaban J connectivity index is 2.28. The summed E-state index contributed by atoms with van der Waals surface area (Å²) >= 11 is 0. The first kappa shape index (κ1) is 17.8. The van der Waals surface area contributed by atoms with E-state index in [9.17, 15) is 9.90 Å². The van der Waals surface area contributed by atoms with Gasteiger partial charge < -0.3 is 14.4 Å². The van der Waals surface area contributed by atoms with Crippen molar-refractivity contribution >= 4 is 16.9 Å². The van der Waals surface area contributed by atoms with E-state index in [0.717, 1.165) is 27.9 Å². The van der Waals surface area contributed by atoms with E-state index in [2.05, 4.69) is 6.58 Å². The first-order chi connectivity index (χ1) is 12.5. The van der Waals surface area contributed by atoms with E-state index in [4.69, 9.17) is 4.74 Å². The van der Waals surface area contributed by atoms with Crippen molar-refractivity contribution in [3.63, 3.8) is 0 Å². The quantitative estimate of drug-likeness (QED) is 0.521. The number of phenolic OH excluding ortho intramolecular Hbond substituents is 1. The fourth-order valence-corrected chi connectivity index (χ4v) is 3.30. The van der Waals surface area contributed by atoms with Gasteiger partial charge in [-0.3, -0.25) is 0 Å². The number of rotatable bonds is 5. The molecule has 0 aliphatic heterocycles. The third-order valence-corrected chi connectivity index (χ3v) is 4.59. The van der Waals surface area contributed by atoms with Crippen LogP contribution in [0.5, 0.6) is 5.75 Å². The summed E-state index contributed by atoms with van der Waals surface area (Å²) in [5.74, 6) is -0.233. The average molecular weight is 349 g/mol. The molecule has 0 atom stereocenters. The van der Waals surface area contributed by atoms with E-state index in [1.165, 1.54) is 0 Å². The van der Waals surface area contributed by atoms with Crippen LogP contribution in [0.15, 0.2) is 49.1 Å². The van der Waals surface area contributed by atoms with Crippen LogP contribution in [0.2, 0.25) is 0 Å². The van der Waals surface area contributed by atoms with Gasteiger partial charge >= 0.3 is 5.97 Å². The highest BCUT2D eigenvalue weighted by Crippen LogP contribution is 2.37. The fraction of sp³-hybridized carbons (Fsp3) is 0.227. The first-order valence-electron chi connectivity index (χ1n) is 8.68. The number of esters is 1. The van der Waals surface area contributed by atoms with E-state index >= 15 is 0 Å². The first-order valence-corrected chi connectivity index (χ1v) is 8.68. The molecule has 0 aliphatic rings. The molecule has 0 spiro atoms. The van der Waals surface area contributed by atoms with Crippen molar-refractivity contribution in [1.29, 1.82) is 0 Å². The van der Waals surface area contributed by atoms with Gasteiger partial charge in [0.25, 0.3) is 0 Å². The molecule has 1 aromatic heterocycles. The van der Waals surface area contributed by atoms with Crippen LogP contribution in [0.4, 0.5) is 0 Å². The molecule has 1 heterocycles. The van der Waals surface area contributed by atoms with Gasteiger partial charge in [-0.1, -0.05) is 35.9 Å². The molecule has 0 bridgehead atoms. The largest absolute Gasteiger partial charge is 0.507 e. The number of fused-ring (bicyclic) bond motifs is 1. The highest BCUT2D eigenvalue weighted by molar-refractivity contribution is 6.07. The van der Waals surface area contributed by atoms with Gasteiger partial charge in [0.05, 0.1) is 17.7 Å². The molecule has 0 amide bonds. The monoisotopic (exact) mass is 349 g/mol. The maximum absolute atomic E-state index is 12.5. The number of aryl methyl sites for hydroxylation is 1. The summed E-state index contributed by atoms with van der Waals surface area (Å²) in [4.78, 5) is 12.5. The summed E-state index contributed by atoms with van der Waals surface area (Å²) in [6, 6.07) is 11.6. The van der Waals surface area contributed by atoms with Crippen molar-refractivity contribution in [3.8, 4) is 16.9 Å². The Morgan fingerprint density at radius 2 is 1.92 bits per heavy atom. The van der Waals surface area contributed by atoms with Gasteiger partial charge in [-0.2, -0.15) is 0 Å². The molecule has 0 radical (unpaired) electrons. The van der Waals surface area contributed by atoms with Crippen LogP contribution in [-0.2, 0) is 11.3 Å². The maximum Gasteiger partial charge on any atom is 0.340 e. The number of ether oxygens (including phenoxy) is 1. The van der Waals surface area contributed by atoms with Gasteiger partial charge in [0.2, 0.25) is 0 Å². The van der Waals surface area contributed by atoms with Gasteiger partial charge in [-0.25, -0.2) is 4.79 Å². The number of aromatic hydroxyl groups is 1. The van der Waals surface area contributed by atoms with E-state index in [-0.39, 0.29) is 11.7 Å². The Bertz CT molecular complexity index is 981. The molecule has 0 saturated carbocycles. The Kier molecular flexibility index (Phi) is 4.85. The number of benzene rings is 2. The summed E-state index contributed by atoms with van der Waals surface area (Å²) in [7, 11) is 0. The molecule has 1 N–H and O–H groups in total. The molecule has 0 unspecified atom stereocenters. The zero-order valence-electron chi connectivity index (χ0n) is 15.4. The lowest BCUT2D eigenvalue weighted by atomic mass is 10.0. The molecule has 134 valence electrons. The van der Waals surface area contributed by atoms with Gasteiger partial charge in [0.1, 0.15) is 5.75 Å². The second-order valence-corrected chi connectivity index (χ2v) is 6.33. The number of allylic oxidation sites excluding steroid dienone is 1. The normalized spacial score (nSPS) is 10.9. The standard InChI is InChI=1S/C22H23NO3/c1-5-11-23-15(4)21(22(25)26-6-2)18-13-20(24)17(12-19(18)23)16-9-7-14(3)8-10-16/h5,7-10,12-13,24H,1,6,11H2,2-4H3. The molecule has 0 fully saturated rings. The highest BCUT2D eigenvalue weighted by atomic mass is 16.5. The highest BCUT2D eigenvalue weighted by Gasteiger charge is 2.22. The number of hydrogen-bond donors (Lipinski definition) is 1. The summed E-state index contributed by atoms with van der Waals surface area (Å²) in [6.45, 7) is 10.4. The van der Waals surface area contributed by atoms with Crippen molar-refractivity contribution in [2.45, 2.75) is 27.3 Å². The second-order valence-electron chi connectivity index (χ2n) is 6.33. The lowest BCUT2D eigenvalue weighted by Crippen LogP contribution is -2.07. The van der Waals surface area contributed by atoms with Crippen LogP contribution in [0, 0.1) is 13.8 Å². The minimum atomic E-state index is -0.375. The van der Waals surface area contributed by atoms with Crippen LogP contribution in [0.3, 0.4) is 0 Å². The summed E-state index contributed by atoms with van der Waals surface area (Å²) in [5, 5.41) is 11.3. The molecule has 4 heteroatoms. The molecule has 3 rings (SSSR count). The maximum atomic E-state index is 12.5. The predicted octanol–water partition coefficient (Wildman–Crippen LogP) is 4.99. The zero-order chi connectivity index (χ0) is 18.8. The van der Waals surface area contributed by atoms with Crippen LogP contribution >= 0.6 is 0 Å². The SMILES string of the molecule is C=CCn1c(C)c(C(=O)OCC)c2cc(O)c(-c3ccc(C)cc3)cc21. The Labute approximate surface area is 153 Å². The summed E-state index contributed by atoms with van der Waals surface area (Å²) in [6.07, 6.45) is 1.79. The third-order valence-electron chi connectivity index (χ3n) is 4.59. The molecule has 4 nitrogen and oxygen atoms in total. The van der Waals surface area contributed by atoms with Crippen LogP contribution in [0.1, 0.15) is 28.5 Å². The number of phenols is 1. The Morgan fingerprint density at radius 1 is 1.23 bits per heavy atom. The van der Waals surface area contributed by atoms with Gasteiger partial charge in [0, 0.05) is 23.2 Å². The number of carbonyl (C=O) groups excluding carboxylic acids is 1. The van der Waals surface area contributed by atoms with Crippen molar-refractivity contribution in [1.82, 2.24) is 4.57 Å². The van der Waals surface area contributed by atoms with E-state index in [1.807, 2.05) is 48.7 Å². The van der Waals surface area contributed by atoms with Crippen molar-refractivity contribution in [2.24, 2.45) is 0 Å². The van der Waals surface area contributed by atoms with E-state index in [1.54, 1.807) is 19.1 Å². The minimum Gasteiger partial charge on any atom is -0.507 e. The number of hydrogen-bond acceptors (Lipinski definition) is 3. The molecular weight excluding hydrogens is 326 g/mol. The lowest BCUT2D eigenvalue weighted by Gasteiger charge is -2.09. The number of carbonyl (C=O) groups is 1. The number of nitrogens with zero attached hydrogens (tertiary/aromatic N) is 1. The van der Waals surface area contributed by atoms with E-state index in [0.29, 0.717) is 24.1 Å². The lowest BCUT2D eigenvalue weighted by molar-refractivity contribution is 0.0527. The molecule has 2 aromatic carbocycles. The van der Waals surface area contributed by atoms with Crippen molar-refractivity contribution in [2.75, 3.05) is 6.61 Å². The van der Waals surface area contributed by atoms with Gasteiger partial charge in [0.15, 0.2) is 0 Å². The molecule has 26 heavy (non-hydrogen) atoms. The predicted molar refractivity (Wildman–Crippen MR) is 105 cm³/mol. The van der Waals surface area contributed by atoms with Crippen LogP contribution in [0.25, 0.3) is 22.0 Å². The van der Waals surface area contributed by atoms with Crippen LogP contribution < -0.4 is 0 Å². The topological polar surface area (TPSA) is 51.5 Å². The minimum absolute atomic E-state index is 0.141. The summed E-state index contributed by atoms with van der Waals surface area (Å²) in [5.41, 5.74) is 4.99. The second kappa shape index (κ2) is 7.08. The van der Waals surface area contributed by atoms with Crippen molar-refractivity contribution in [3.05, 3.63) is 65.9 Å². The molecule has 3 aromatic rings. The Morgan fingerprint density at radius 3 is 2.54 bits per heavy atom. The summed E-state index contributed by atoms with van der Waals surface area (Å²) < 4.78 is 7.24. The average Bonchev–Trinajstić information content (AvgIpc) is 2.87. The molecule has 0 aliphatic carbocycles. The zero-order valence-corrected chi connectivity index (χ0v) is 15.4. The fourth-order valence-electron chi connectivity index (χ4n) is 3.30. The molecule has 0 saturated heterocycles. The Hall–Kier alpha value is -3.01. The smallest absolute Gasteiger partial charge is 0.340 e. The third kappa shape index (κ3) is 2.99. The number of aromatic nitrogens is 1. The van der Waals surface area contributed by atoms with Gasteiger partial charge in [-0.05, 0) is 38.5 Å². The van der Waals surface area contributed by atoms with E-state index < -0.39 is 0 Å². The molecular formula is C22H23NO3.